The van der Waals surface area contributed by atoms with Gasteiger partial charge in [0.25, 0.3) is 0 Å². The third kappa shape index (κ3) is 8.35. The second-order valence-electron chi connectivity index (χ2n) is 10.9. The van der Waals surface area contributed by atoms with Crippen LogP contribution in [0.1, 0.15) is 74.8 Å². The third-order valence-electron chi connectivity index (χ3n) is 6.85. The first kappa shape index (κ1) is 26.6. The van der Waals surface area contributed by atoms with Gasteiger partial charge in [0.1, 0.15) is 5.82 Å². The van der Waals surface area contributed by atoms with Gasteiger partial charge in [0.2, 0.25) is 0 Å². The minimum absolute atomic E-state index is 0.547. The topological polar surface area (TPSA) is 44.3 Å². The molecule has 0 unspecified atom stereocenters. The van der Waals surface area contributed by atoms with E-state index in [1.807, 2.05) is 44.5 Å². The van der Waals surface area contributed by atoms with Crippen LogP contribution in [0.2, 0.25) is 0 Å². The summed E-state index contributed by atoms with van der Waals surface area (Å²) in [6.45, 7) is 9.12. The lowest BCUT2D eigenvalue weighted by atomic mass is 9.96. The molecule has 3 aliphatic rings. The smallest absolute Gasteiger partial charge is 0.132 e. The molecule has 5 rings (SSSR count). The normalized spacial score (nSPS) is 17.4. The summed E-state index contributed by atoms with van der Waals surface area (Å²) in [5.74, 6) is 1.27. The zero-order valence-electron chi connectivity index (χ0n) is 22.4. The average Bonchev–Trinajstić information content (AvgIpc) is 3.58. The van der Waals surface area contributed by atoms with Crippen LogP contribution in [-0.2, 0) is 25.8 Å². The van der Waals surface area contributed by atoms with Crippen molar-refractivity contribution in [3.8, 4) is 0 Å². The van der Waals surface area contributed by atoms with Gasteiger partial charge in [-0.25, -0.2) is 4.98 Å². The fourth-order valence-electron chi connectivity index (χ4n) is 4.64. The molecule has 2 aromatic heterocycles. The predicted octanol–water partition coefficient (Wildman–Crippen LogP) is 5.27. The Bertz CT molecular complexity index is 847. The summed E-state index contributed by atoms with van der Waals surface area (Å²) < 4.78 is 0. The van der Waals surface area contributed by atoms with E-state index >= 15 is 0 Å². The van der Waals surface area contributed by atoms with Crippen molar-refractivity contribution in [2.24, 2.45) is 5.41 Å². The number of nitrogens with one attached hydrogen (secondary N) is 1. The Labute approximate surface area is 208 Å². The van der Waals surface area contributed by atoms with Crippen LogP contribution in [0.3, 0.4) is 0 Å². The van der Waals surface area contributed by atoms with Crippen LogP contribution < -0.4 is 10.2 Å². The van der Waals surface area contributed by atoms with E-state index in [-0.39, 0.29) is 0 Å². The molecule has 0 bridgehead atoms. The summed E-state index contributed by atoms with van der Waals surface area (Å²) in [4.78, 5) is 13.6. The van der Waals surface area contributed by atoms with Gasteiger partial charge in [0, 0.05) is 43.3 Å². The van der Waals surface area contributed by atoms with Crippen molar-refractivity contribution >= 4 is 5.82 Å². The number of pyridine rings is 2. The van der Waals surface area contributed by atoms with Gasteiger partial charge in [-0.15, -0.1) is 0 Å². The molecule has 2 aliphatic carbocycles. The van der Waals surface area contributed by atoms with Crippen LogP contribution in [0, 0.1) is 5.41 Å². The largest absolute Gasteiger partial charge is 0.356 e. The summed E-state index contributed by atoms with van der Waals surface area (Å²) in [6, 6.07) is 6.41. The maximum atomic E-state index is 4.76. The van der Waals surface area contributed by atoms with Crippen LogP contribution in [0.15, 0.2) is 30.6 Å². The highest BCUT2D eigenvalue weighted by atomic mass is 15.2. The molecule has 1 fully saturated rings. The zero-order chi connectivity index (χ0) is 24.4. The van der Waals surface area contributed by atoms with Crippen molar-refractivity contribution < 1.29 is 0 Å². The number of unbranched alkanes of at least 4 members (excludes halogenated alkanes) is 1. The van der Waals surface area contributed by atoms with Gasteiger partial charge in [-0.3, -0.25) is 4.98 Å². The molecule has 188 valence electrons. The molecule has 1 saturated carbocycles. The first-order valence-corrected chi connectivity index (χ1v) is 13.4. The Kier molecular flexibility index (Phi) is 10.3. The highest BCUT2D eigenvalue weighted by Crippen LogP contribution is 2.46. The quantitative estimate of drug-likeness (QED) is 0.629. The number of rotatable bonds is 6. The SMILES string of the molecule is CCCCN(CC1(C)CC1)c1nccc2c1CCNC2.CN(C)C.c1cnc2c(c1)CCCC2. The van der Waals surface area contributed by atoms with Crippen LogP contribution >= 0.6 is 0 Å². The van der Waals surface area contributed by atoms with E-state index in [0.29, 0.717) is 5.41 Å². The van der Waals surface area contributed by atoms with Crippen LogP contribution in [-0.4, -0.2) is 55.6 Å². The lowest BCUT2D eigenvalue weighted by molar-refractivity contribution is 0.505. The summed E-state index contributed by atoms with van der Waals surface area (Å²) in [6.07, 6.45) is 15.4. The van der Waals surface area contributed by atoms with Gasteiger partial charge in [-0.1, -0.05) is 26.3 Å². The van der Waals surface area contributed by atoms with E-state index in [2.05, 4.69) is 41.2 Å². The molecule has 5 nitrogen and oxygen atoms in total. The fourth-order valence-corrected chi connectivity index (χ4v) is 4.64. The number of fused-ring (bicyclic) bond motifs is 2. The molecule has 1 N–H and O–H groups in total. The maximum absolute atomic E-state index is 4.76. The number of anilines is 1. The molecule has 3 heterocycles. The second kappa shape index (κ2) is 13.2. The van der Waals surface area contributed by atoms with Crippen molar-refractivity contribution in [1.82, 2.24) is 20.2 Å². The first-order chi connectivity index (χ1) is 16.4. The lowest BCUT2D eigenvalue weighted by Gasteiger charge is -2.31. The molecule has 34 heavy (non-hydrogen) atoms. The van der Waals surface area contributed by atoms with Crippen molar-refractivity contribution in [2.75, 3.05) is 45.7 Å². The third-order valence-corrected chi connectivity index (χ3v) is 6.85. The van der Waals surface area contributed by atoms with E-state index in [1.165, 1.54) is 86.1 Å². The number of aromatic nitrogens is 2. The predicted molar refractivity (Wildman–Crippen MR) is 145 cm³/mol. The van der Waals surface area contributed by atoms with Crippen molar-refractivity contribution in [3.05, 3.63) is 53.0 Å². The zero-order valence-corrected chi connectivity index (χ0v) is 22.4. The number of aryl methyl sites for hydroxylation is 2. The second-order valence-corrected chi connectivity index (χ2v) is 10.9. The molecule has 1 aliphatic heterocycles. The maximum Gasteiger partial charge on any atom is 0.132 e. The summed E-state index contributed by atoms with van der Waals surface area (Å²) in [7, 11) is 6.00. The molecule has 0 aromatic carbocycles. The molecule has 5 heteroatoms. The standard InChI is InChI=1S/C17H27N3.C9H11N.C3H9N/c1-3-4-11-20(13-17(2)7-8-17)16-15-6-9-18-12-14(15)5-10-19-16;1-2-6-9-8(4-1)5-3-7-10-9;1-4(2)3/h5,10,18H,3-4,6-9,11-13H2,1-2H3;3,5,7H,1-2,4,6H2;1-3H3. The number of hydrogen-bond donors (Lipinski definition) is 1. The number of nitrogens with zero attached hydrogens (tertiary/aromatic N) is 4. The minimum atomic E-state index is 0.547. The van der Waals surface area contributed by atoms with E-state index in [1.54, 1.807) is 0 Å². The summed E-state index contributed by atoms with van der Waals surface area (Å²) in [5.41, 5.74) is 6.28. The fraction of sp³-hybridized carbons (Fsp3) is 0.655. The van der Waals surface area contributed by atoms with Crippen LogP contribution in [0.4, 0.5) is 5.82 Å². The molecule has 2 aromatic rings. The monoisotopic (exact) mass is 465 g/mol. The van der Waals surface area contributed by atoms with Gasteiger partial charge in [0.15, 0.2) is 0 Å². The van der Waals surface area contributed by atoms with Gasteiger partial charge < -0.3 is 15.1 Å². The van der Waals surface area contributed by atoms with E-state index in [9.17, 15) is 0 Å². The molecular formula is C29H47N5. The minimum Gasteiger partial charge on any atom is -0.356 e. The van der Waals surface area contributed by atoms with Gasteiger partial charge in [0.05, 0.1) is 0 Å². The molecule has 0 amide bonds. The van der Waals surface area contributed by atoms with Gasteiger partial charge in [-0.05, 0) is 108 Å². The summed E-state index contributed by atoms with van der Waals surface area (Å²) >= 11 is 0. The first-order valence-electron chi connectivity index (χ1n) is 13.4. The Morgan fingerprint density at radius 1 is 0.971 bits per heavy atom. The van der Waals surface area contributed by atoms with Gasteiger partial charge >= 0.3 is 0 Å². The molecule has 0 spiro atoms. The summed E-state index contributed by atoms with van der Waals surface area (Å²) in [5, 5.41) is 3.46. The van der Waals surface area contributed by atoms with Gasteiger partial charge in [-0.2, -0.15) is 0 Å². The van der Waals surface area contributed by atoms with E-state index in [0.717, 1.165) is 26.1 Å². The molecular weight excluding hydrogens is 418 g/mol. The lowest BCUT2D eigenvalue weighted by Crippen LogP contribution is -2.34. The highest BCUT2D eigenvalue weighted by molar-refractivity contribution is 5.52. The Morgan fingerprint density at radius 3 is 2.44 bits per heavy atom. The van der Waals surface area contributed by atoms with Crippen molar-refractivity contribution in [1.29, 1.82) is 0 Å². The van der Waals surface area contributed by atoms with E-state index < -0.39 is 0 Å². The number of hydrogen-bond acceptors (Lipinski definition) is 5. The Morgan fingerprint density at radius 2 is 1.74 bits per heavy atom. The molecule has 0 saturated heterocycles. The molecule has 0 atom stereocenters. The van der Waals surface area contributed by atoms with E-state index in [4.69, 9.17) is 4.98 Å². The average molecular weight is 466 g/mol. The van der Waals surface area contributed by atoms with Crippen LogP contribution in [0.25, 0.3) is 0 Å². The Balaban J connectivity index is 0.000000192. The highest BCUT2D eigenvalue weighted by Gasteiger charge is 2.39. The van der Waals surface area contributed by atoms with Crippen molar-refractivity contribution in [2.45, 2.75) is 78.2 Å². The van der Waals surface area contributed by atoms with Crippen molar-refractivity contribution in [3.63, 3.8) is 0 Å². The Hall–Kier alpha value is -1.98. The van der Waals surface area contributed by atoms with Crippen LogP contribution in [0.5, 0.6) is 0 Å². The molecule has 0 radical (unpaired) electrons.